The molecule has 0 fully saturated rings. The van der Waals surface area contributed by atoms with Crippen LogP contribution in [0.2, 0.25) is 0 Å². The lowest BCUT2D eigenvalue weighted by Gasteiger charge is -2.27. The normalized spacial score (nSPS) is 12.6. The van der Waals surface area contributed by atoms with Crippen LogP contribution in [0.25, 0.3) is 21.8 Å². The second kappa shape index (κ2) is 46.1. The first-order valence-corrected chi connectivity index (χ1v) is 35.6. The lowest BCUT2D eigenvalue weighted by molar-refractivity contribution is -0.838. The van der Waals surface area contributed by atoms with Crippen molar-refractivity contribution in [3.8, 4) is 0 Å². The predicted octanol–water partition coefficient (Wildman–Crippen LogP) is -6.44. The Bertz CT molecular complexity index is 4330. The summed E-state index contributed by atoms with van der Waals surface area (Å²) in [6.07, 6.45) is -8.17. The number of aromatic amines is 1. The molecule has 2 unspecified atom stereocenters. The number of pyridine rings is 2. The molecule has 0 bridgehead atoms. The number of rotatable bonds is 29. The molecule has 0 saturated heterocycles. The van der Waals surface area contributed by atoms with Crippen molar-refractivity contribution in [2.45, 2.75) is 141 Å². The number of H-pyrrole nitrogens is 1. The quantitative estimate of drug-likeness (QED) is 0.0154. The van der Waals surface area contributed by atoms with Crippen molar-refractivity contribution in [2.24, 2.45) is 11.5 Å². The fourth-order valence-corrected chi connectivity index (χ4v) is 11.2. The zero-order valence-electron chi connectivity index (χ0n) is 64.5. The number of anilines is 3. The SMILES string of the molecule is CC(C)(C)OC(=O)NCCN(CCNC(=O)OC(C)(C)C)c1ccc(C[C@H](NC(=O)OC(C)(C)C)C(=O)NC(Cc2ccc(C(F)(F)F)cc2)C(=O)Nc2cnc3ccccc3c2)cc1.NCC[NH+](CC[NH3+])c1ccc(C[C@H](N)C(=O)N[C@@H](Cc2ccc(C(F)(F)F)cc2)C(=O)Nc2c[nH+]c3ccccc3c2)cc1.[Cl-].[Cl-].[Cl-].[Cl-].[Cl-]. The molecule has 0 spiro atoms. The first-order chi connectivity index (χ1) is 51.3. The Morgan fingerprint density at radius 1 is 0.500 bits per heavy atom. The number of fused-ring (bicyclic) bond motifs is 2. The van der Waals surface area contributed by atoms with Gasteiger partial charge in [0.05, 0.1) is 41.1 Å². The first kappa shape index (κ1) is 101. The number of nitrogens with zero attached hydrogens (tertiary/aromatic N) is 2. The standard InChI is InChI=1S/C47H60F3N7O8.C32H36F3N7O2.5ClH/c1-44(2,3)63-41(60)51-22-24-57(25-23-52-42(61)64-45(4,5)6)35-20-16-31(17-21-35)27-38(56-43(62)65-46(7,8)9)40(59)55-37(26-30-14-18-33(19-15-30)47(48,49)50)39(58)54-34-28-32-12-10-11-13-36(32)53-29-34;33-32(34,35)24-9-5-22(6-10-24)18-29(31(44)40-25-19-23-3-1-2-4-28(23)39-20-25)41-30(43)27(38)17-21-7-11-26(12-8-21)42(15-13-36)16-14-37;;;;;/h10-21,28-29,37-38H,22-27H2,1-9H3,(H,51,60)(H,52,61)(H,54,58)(H,55,59)(H,56,62);1-12,19-20,27,29H,13-18,36-38H2,(H,40,44)(H,41,43);5*1H/p-2/t37?,38-;27-,29-;;;;;/m00...../s1. The molecule has 0 aliphatic heterocycles. The number of para-hydroxylation sites is 2. The molecule has 2 aromatic heterocycles. The highest BCUT2D eigenvalue weighted by Crippen LogP contribution is 2.31. The number of nitrogens with two attached hydrogens (primary N) is 2. The Morgan fingerprint density at radius 3 is 1.39 bits per heavy atom. The van der Waals surface area contributed by atoms with Crippen LogP contribution < -0.4 is 131 Å². The van der Waals surface area contributed by atoms with Gasteiger partial charge in [0.25, 0.3) is 0 Å². The second-order valence-corrected chi connectivity index (χ2v) is 29.0. The van der Waals surface area contributed by atoms with Gasteiger partial charge in [-0.25, -0.2) is 19.4 Å². The monoisotopic (exact) mass is 1690 g/mol. The van der Waals surface area contributed by atoms with E-state index >= 15 is 0 Å². The summed E-state index contributed by atoms with van der Waals surface area (Å²) in [5.41, 5.74) is 18.3. The number of hydrogen-bond acceptors (Lipinski definition) is 14. The van der Waals surface area contributed by atoms with E-state index in [2.05, 4.69) is 52.9 Å². The summed E-state index contributed by atoms with van der Waals surface area (Å²) in [5, 5.41) is 20.7. The van der Waals surface area contributed by atoms with Gasteiger partial charge in [0.2, 0.25) is 29.1 Å². The first-order valence-electron chi connectivity index (χ1n) is 35.6. The summed E-state index contributed by atoms with van der Waals surface area (Å²) in [6, 6.07) is 37.1. The minimum atomic E-state index is -4.58. The Kier molecular flexibility index (Phi) is 40.7. The zero-order valence-corrected chi connectivity index (χ0v) is 68.2. The van der Waals surface area contributed by atoms with Crippen LogP contribution in [-0.4, -0.2) is 140 Å². The average molecular weight is 1700 g/mol. The van der Waals surface area contributed by atoms with Gasteiger partial charge in [-0.2, -0.15) is 26.3 Å². The third kappa shape index (κ3) is 34.3. The second-order valence-electron chi connectivity index (χ2n) is 29.0. The van der Waals surface area contributed by atoms with Crippen molar-refractivity contribution in [2.75, 3.05) is 67.9 Å². The lowest BCUT2D eigenvalue weighted by Crippen LogP contribution is -3.09. The molecule has 35 heteroatoms. The number of hydrogen-bond donors (Lipinski definition) is 11. The van der Waals surface area contributed by atoms with Crippen molar-refractivity contribution in [1.82, 2.24) is 31.6 Å². The highest BCUT2D eigenvalue weighted by molar-refractivity contribution is 6.00. The number of carbonyl (C=O) groups excluding carboxylic acids is 7. The summed E-state index contributed by atoms with van der Waals surface area (Å²) in [7, 11) is 0. The largest absolute Gasteiger partial charge is 1.00 e. The van der Waals surface area contributed by atoms with E-state index in [1.54, 1.807) is 111 Å². The highest BCUT2D eigenvalue weighted by atomic mass is 35.5. The van der Waals surface area contributed by atoms with Crippen LogP contribution >= 0.6 is 0 Å². The van der Waals surface area contributed by atoms with E-state index in [4.69, 9.17) is 25.7 Å². The van der Waals surface area contributed by atoms with Crippen LogP contribution in [0.5, 0.6) is 0 Å². The smallest absolute Gasteiger partial charge is 0.416 e. The number of aromatic nitrogens is 2. The van der Waals surface area contributed by atoms with E-state index in [-0.39, 0.29) is 101 Å². The minimum Gasteiger partial charge on any atom is -1.00 e. The number of alkyl halides is 6. The Balaban J connectivity index is 0.000000789. The van der Waals surface area contributed by atoms with Crippen molar-refractivity contribution < 1.29 is 152 Å². The molecule has 114 heavy (non-hydrogen) atoms. The fourth-order valence-electron chi connectivity index (χ4n) is 11.2. The van der Waals surface area contributed by atoms with Gasteiger partial charge >= 0.3 is 30.6 Å². The molecular formula is C79H99Cl5F6N14O10-2. The number of benzene rings is 6. The summed E-state index contributed by atoms with van der Waals surface area (Å²) in [5.74, 6) is -2.55. The molecule has 8 rings (SSSR count). The molecule has 6 aromatic carbocycles. The van der Waals surface area contributed by atoms with Gasteiger partial charge in [-0.1, -0.05) is 78.9 Å². The van der Waals surface area contributed by atoms with Gasteiger partial charge in [0.15, 0.2) is 6.20 Å². The average Bonchev–Trinajstić information content (AvgIpc) is 0.836. The van der Waals surface area contributed by atoms with Crippen molar-refractivity contribution >= 4 is 86.5 Å². The van der Waals surface area contributed by atoms with Gasteiger partial charge in [-0.05, 0) is 164 Å². The number of carbonyl (C=O) groups is 7. The molecule has 5 atom stereocenters. The molecule has 0 aliphatic carbocycles. The molecule has 8 aromatic rings. The molecule has 0 saturated carbocycles. The zero-order chi connectivity index (χ0) is 79.9. The predicted molar refractivity (Wildman–Crippen MR) is 403 cm³/mol. The van der Waals surface area contributed by atoms with E-state index in [0.29, 0.717) is 58.9 Å². The molecule has 16 N–H and O–H groups in total. The fraction of sp³-hybridized carbons (Fsp3) is 0.380. The van der Waals surface area contributed by atoms with Gasteiger partial charge < -0.3 is 136 Å². The number of halogens is 11. The molecular weight excluding hydrogens is 1600 g/mol. The lowest BCUT2D eigenvalue weighted by atomic mass is 10.0. The van der Waals surface area contributed by atoms with Crippen LogP contribution in [0.3, 0.4) is 0 Å². The third-order valence-corrected chi connectivity index (χ3v) is 16.4. The number of quaternary nitrogens is 2. The summed E-state index contributed by atoms with van der Waals surface area (Å²) >= 11 is 0. The van der Waals surface area contributed by atoms with Crippen LogP contribution in [0.15, 0.2) is 170 Å². The maximum Gasteiger partial charge on any atom is 0.416 e. The Hall–Kier alpha value is -9.50. The van der Waals surface area contributed by atoms with Crippen LogP contribution in [0.1, 0.15) is 95.7 Å². The summed E-state index contributed by atoms with van der Waals surface area (Å²) in [4.78, 5) is 103. The van der Waals surface area contributed by atoms with Crippen molar-refractivity contribution in [3.05, 3.63) is 203 Å². The molecule has 7 amide bonds. The molecule has 624 valence electrons. The van der Waals surface area contributed by atoms with E-state index in [0.717, 1.165) is 71.4 Å². The van der Waals surface area contributed by atoms with Gasteiger partial charge in [-0.3, -0.25) is 29.1 Å². The number of alkyl carbamates (subject to hydrolysis) is 3. The number of ether oxygens (including phenoxy) is 3. The van der Waals surface area contributed by atoms with Gasteiger partial charge in [0, 0.05) is 74.5 Å². The van der Waals surface area contributed by atoms with Crippen LogP contribution in [-0.2, 0) is 71.4 Å². The van der Waals surface area contributed by atoms with Gasteiger partial charge in [0.1, 0.15) is 59.4 Å². The van der Waals surface area contributed by atoms with Gasteiger partial charge in [-0.15, -0.1) is 0 Å². The third-order valence-electron chi connectivity index (χ3n) is 16.4. The van der Waals surface area contributed by atoms with E-state index < -0.39 is 106 Å². The minimum absolute atomic E-state index is 0. The summed E-state index contributed by atoms with van der Waals surface area (Å²) < 4.78 is 95.7. The topological polar surface area (TPSA) is 346 Å². The summed E-state index contributed by atoms with van der Waals surface area (Å²) in [6.45, 7) is 19.5. The molecule has 0 aliphatic rings. The van der Waals surface area contributed by atoms with Crippen molar-refractivity contribution in [3.63, 3.8) is 0 Å². The molecule has 2 heterocycles. The Labute approximate surface area is 690 Å². The molecule has 24 nitrogen and oxygen atoms in total. The van der Waals surface area contributed by atoms with E-state index in [9.17, 15) is 59.9 Å². The number of amides is 7. The van der Waals surface area contributed by atoms with Crippen LogP contribution in [0, 0.1) is 0 Å². The van der Waals surface area contributed by atoms with E-state index in [1.165, 1.54) is 35.4 Å². The Morgan fingerprint density at radius 2 is 0.912 bits per heavy atom. The van der Waals surface area contributed by atoms with Crippen molar-refractivity contribution in [1.29, 1.82) is 0 Å². The maximum atomic E-state index is 14.2. The van der Waals surface area contributed by atoms with E-state index in [1.807, 2.05) is 71.6 Å². The maximum absolute atomic E-state index is 14.2. The molecule has 0 radical (unpaired) electrons. The highest BCUT2D eigenvalue weighted by Gasteiger charge is 2.34. The van der Waals surface area contributed by atoms with Crippen LogP contribution in [0.4, 0.5) is 63.5 Å². The number of nitrogens with one attached hydrogen (secondary N) is 9.